The molecule has 19 heavy (non-hydrogen) atoms. The van der Waals surface area contributed by atoms with Crippen LogP contribution in [0.25, 0.3) is 0 Å². The smallest absolute Gasteiger partial charge is 0.395 e. The van der Waals surface area contributed by atoms with Crippen LogP contribution in [-0.4, -0.2) is 17.8 Å². The lowest BCUT2D eigenvalue weighted by Crippen LogP contribution is -2.36. The first-order chi connectivity index (χ1) is 8.74. The lowest BCUT2D eigenvalue weighted by molar-refractivity contribution is -0.137. The maximum absolute atomic E-state index is 13.1. The van der Waals surface area contributed by atoms with E-state index in [1.807, 2.05) is 13.8 Å². The molecule has 2 N–H and O–H groups in total. The van der Waals surface area contributed by atoms with Crippen LogP contribution in [0.3, 0.4) is 0 Å². The SMILES string of the molecule is CC(C)[C@@H](CO)NCc1cc(F)cc(C(F)(F)F)c1. The van der Waals surface area contributed by atoms with E-state index in [2.05, 4.69) is 5.32 Å². The molecule has 6 heteroatoms. The summed E-state index contributed by atoms with van der Waals surface area (Å²) < 4.78 is 50.7. The molecule has 108 valence electrons. The van der Waals surface area contributed by atoms with E-state index < -0.39 is 17.6 Å². The van der Waals surface area contributed by atoms with Crippen LogP contribution in [0.2, 0.25) is 0 Å². The van der Waals surface area contributed by atoms with Crippen LogP contribution >= 0.6 is 0 Å². The summed E-state index contributed by atoms with van der Waals surface area (Å²) in [7, 11) is 0. The Morgan fingerprint density at radius 2 is 1.84 bits per heavy atom. The lowest BCUT2D eigenvalue weighted by Gasteiger charge is -2.20. The largest absolute Gasteiger partial charge is 0.416 e. The van der Waals surface area contributed by atoms with Crippen molar-refractivity contribution in [1.29, 1.82) is 0 Å². The standard InChI is InChI=1S/C13H17F4NO/c1-8(2)12(7-19)18-6-9-3-10(13(15,16)17)5-11(14)4-9/h3-5,8,12,18-19H,6-7H2,1-2H3/t12-/m1/s1. The van der Waals surface area contributed by atoms with Crippen molar-refractivity contribution in [3.8, 4) is 0 Å². The number of rotatable bonds is 5. The Hall–Kier alpha value is -1.14. The van der Waals surface area contributed by atoms with Gasteiger partial charge in [0.25, 0.3) is 0 Å². The third kappa shape index (κ3) is 4.80. The van der Waals surface area contributed by atoms with Crippen molar-refractivity contribution >= 4 is 0 Å². The molecule has 0 saturated carbocycles. The van der Waals surface area contributed by atoms with Gasteiger partial charge >= 0.3 is 6.18 Å². The van der Waals surface area contributed by atoms with Crippen LogP contribution < -0.4 is 5.32 Å². The third-order valence-electron chi connectivity index (χ3n) is 2.85. The highest BCUT2D eigenvalue weighted by Gasteiger charge is 2.31. The Balaban J connectivity index is 2.82. The monoisotopic (exact) mass is 279 g/mol. The van der Waals surface area contributed by atoms with E-state index in [-0.39, 0.29) is 30.7 Å². The average Bonchev–Trinajstić information content (AvgIpc) is 2.27. The van der Waals surface area contributed by atoms with Gasteiger partial charge in [-0.2, -0.15) is 13.2 Å². The molecule has 0 spiro atoms. The Kier molecular flexibility index (Phi) is 5.31. The van der Waals surface area contributed by atoms with Gasteiger partial charge in [-0.15, -0.1) is 0 Å². The van der Waals surface area contributed by atoms with Gasteiger partial charge < -0.3 is 10.4 Å². The van der Waals surface area contributed by atoms with Gasteiger partial charge in [-0.05, 0) is 29.7 Å². The van der Waals surface area contributed by atoms with E-state index in [1.165, 1.54) is 0 Å². The van der Waals surface area contributed by atoms with E-state index in [0.29, 0.717) is 6.07 Å². The van der Waals surface area contributed by atoms with Crippen molar-refractivity contribution < 1.29 is 22.7 Å². The second-order valence-electron chi connectivity index (χ2n) is 4.76. The maximum Gasteiger partial charge on any atom is 0.416 e. The molecule has 0 aliphatic rings. The molecule has 1 rings (SSSR count). The number of hydrogen-bond acceptors (Lipinski definition) is 2. The van der Waals surface area contributed by atoms with Crippen LogP contribution in [0.4, 0.5) is 17.6 Å². The predicted molar refractivity (Wildman–Crippen MR) is 64.0 cm³/mol. The number of aliphatic hydroxyl groups excluding tert-OH is 1. The molecular weight excluding hydrogens is 262 g/mol. The van der Waals surface area contributed by atoms with Gasteiger partial charge in [-0.3, -0.25) is 0 Å². The van der Waals surface area contributed by atoms with Crippen molar-refractivity contribution in [1.82, 2.24) is 5.32 Å². The van der Waals surface area contributed by atoms with E-state index in [1.54, 1.807) is 0 Å². The molecule has 0 aromatic heterocycles. The zero-order chi connectivity index (χ0) is 14.6. The molecule has 0 fully saturated rings. The molecule has 1 aromatic carbocycles. The number of nitrogens with one attached hydrogen (secondary N) is 1. The zero-order valence-electron chi connectivity index (χ0n) is 10.8. The summed E-state index contributed by atoms with van der Waals surface area (Å²) in [5.41, 5.74) is -0.805. The van der Waals surface area contributed by atoms with E-state index in [4.69, 9.17) is 5.11 Å². The molecule has 0 amide bonds. The second-order valence-corrected chi connectivity index (χ2v) is 4.76. The van der Waals surface area contributed by atoms with Gasteiger partial charge in [0.05, 0.1) is 12.2 Å². The topological polar surface area (TPSA) is 32.3 Å². The fourth-order valence-electron chi connectivity index (χ4n) is 1.68. The van der Waals surface area contributed by atoms with Crippen LogP contribution in [0.5, 0.6) is 0 Å². The average molecular weight is 279 g/mol. The van der Waals surface area contributed by atoms with Crippen LogP contribution in [0.15, 0.2) is 18.2 Å². The highest BCUT2D eigenvalue weighted by molar-refractivity contribution is 5.26. The van der Waals surface area contributed by atoms with Gasteiger partial charge in [0.15, 0.2) is 0 Å². The molecule has 0 aliphatic carbocycles. The Labute approximate surface area is 109 Å². The normalized spacial score (nSPS) is 13.9. The summed E-state index contributed by atoms with van der Waals surface area (Å²) in [5, 5.41) is 12.0. The molecule has 0 bridgehead atoms. The fourth-order valence-corrected chi connectivity index (χ4v) is 1.68. The molecule has 1 aromatic rings. The number of hydrogen-bond donors (Lipinski definition) is 2. The Bertz CT molecular complexity index is 418. The highest BCUT2D eigenvalue weighted by Crippen LogP contribution is 2.30. The zero-order valence-corrected chi connectivity index (χ0v) is 10.8. The van der Waals surface area contributed by atoms with Crippen LogP contribution in [0.1, 0.15) is 25.0 Å². The third-order valence-corrected chi connectivity index (χ3v) is 2.85. The van der Waals surface area contributed by atoms with E-state index in [0.717, 1.165) is 12.1 Å². The quantitative estimate of drug-likeness (QED) is 0.812. The van der Waals surface area contributed by atoms with Gasteiger partial charge in [0, 0.05) is 12.6 Å². The summed E-state index contributed by atoms with van der Waals surface area (Å²) in [4.78, 5) is 0. The minimum absolute atomic E-state index is 0.0737. The first-order valence-corrected chi connectivity index (χ1v) is 5.95. The minimum Gasteiger partial charge on any atom is -0.395 e. The summed E-state index contributed by atoms with van der Waals surface area (Å²) in [5.74, 6) is -0.794. The number of alkyl halides is 3. The molecule has 0 saturated heterocycles. The number of benzene rings is 1. The summed E-state index contributed by atoms with van der Waals surface area (Å²) in [6, 6.07) is 2.19. The molecular formula is C13H17F4NO. The van der Waals surface area contributed by atoms with Crippen molar-refractivity contribution in [2.45, 2.75) is 32.6 Å². The van der Waals surface area contributed by atoms with Crippen molar-refractivity contribution in [2.75, 3.05) is 6.61 Å². The lowest BCUT2D eigenvalue weighted by atomic mass is 10.0. The van der Waals surface area contributed by atoms with Gasteiger partial charge in [-0.1, -0.05) is 13.8 Å². The van der Waals surface area contributed by atoms with Crippen molar-refractivity contribution in [3.63, 3.8) is 0 Å². The van der Waals surface area contributed by atoms with Crippen molar-refractivity contribution in [2.24, 2.45) is 5.92 Å². The molecule has 0 heterocycles. The van der Waals surface area contributed by atoms with Gasteiger partial charge in [0.1, 0.15) is 5.82 Å². The van der Waals surface area contributed by atoms with E-state index in [9.17, 15) is 17.6 Å². The Morgan fingerprint density at radius 1 is 1.21 bits per heavy atom. The number of aliphatic hydroxyl groups is 1. The molecule has 2 nitrogen and oxygen atoms in total. The molecule has 0 aliphatic heterocycles. The summed E-state index contributed by atoms with van der Waals surface area (Å²) in [6.07, 6.45) is -4.56. The maximum atomic E-state index is 13.1. The Morgan fingerprint density at radius 3 is 2.32 bits per heavy atom. The van der Waals surface area contributed by atoms with E-state index >= 15 is 0 Å². The first kappa shape index (κ1) is 15.9. The first-order valence-electron chi connectivity index (χ1n) is 5.95. The van der Waals surface area contributed by atoms with Crippen LogP contribution in [0, 0.1) is 11.7 Å². The second kappa shape index (κ2) is 6.34. The van der Waals surface area contributed by atoms with Crippen molar-refractivity contribution in [3.05, 3.63) is 35.1 Å². The molecule has 1 atom stereocenters. The summed E-state index contributed by atoms with van der Waals surface area (Å²) in [6.45, 7) is 3.70. The molecule has 0 radical (unpaired) electrons. The fraction of sp³-hybridized carbons (Fsp3) is 0.538. The minimum atomic E-state index is -4.56. The van der Waals surface area contributed by atoms with Gasteiger partial charge in [0.2, 0.25) is 0 Å². The van der Waals surface area contributed by atoms with Gasteiger partial charge in [-0.25, -0.2) is 4.39 Å². The summed E-state index contributed by atoms with van der Waals surface area (Å²) >= 11 is 0. The van der Waals surface area contributed by atoms with Crippen LogP contribution in [-0.2, 0) is 12.7 Å². The predicted octanol–water partition coefficient (Wildman–Crippen LogP) is 2.95. The number of halogens is 4. The highest BCUT2D eigenvalue weighted by atomic mass is 19.4. The molecule has 0 unspecified atom stereocenters.